The fourth-order valence-electron chi connectivity index (χ4n) is 1.98. The molecule has 2 amide bonds. The molecule has 0 heterocycles. The van der Waals surface area contributed by atoms with Crippen LogP contribution in [0.3, 0.4) is 0 Å². The van der Waals surface area contributed by atoms with Gasteiger partial charge in [0.1, 0.15) is 0 Å². The van der Waals surface area contributed by atoms with E-state index in [0.717, 1.165) is 11.1 Å². The van der Waals surface area contributed by atoms with Gasteiger partial charge in [0.25, 0.3) is 0 Å². The first-order valence-corrected chi connectivity index (χ1v) is 6.97. The molecular formula is C16H24N2O2. The predicted molar refractivity (Wildman–Crippen MR) is 80.1 cm³/mol. The SMILES string of the molecule is CC(=O)N(CC(=O)NCc1ccccc1C)CC(C)C. The van der Waals surface area contributed by atoms with E-state index < -0.39 is 0 Å². The molecule has 1 aromatic rings. The van der Waals surface area contributed by atoms with Gasteiger partial charge >= 0.3 is 0 Å². The molecule has 0 radical (unpaired) electrons. The molecule has 0 bridgehead atoms. The summed E-state index contributed by atoms with van der Waals surface area (Å²) in [5.74, 6) is 0.164. The van der Waals surface area contributed by atoms with Crippen molar-refractivity contribution in [3.63, 3.8) is 0 Å². The van der Waals surface area contributed by atoms with Crippen molar-refractivity contribution in [2.75, 3.05) is 13.1 Å². The van der Waals surface area contributed by atoms with Gasteiger partial charge in [-0.25, -0.2) is 0 Å². The molecule has 1 N–H and O–H groups in total. The number of nitrogens with one attached hydrogen (secondary N) is 1. The smallest absolute Gasteiger partial charge is 0.239 e. The van der Waals surface area contributed by atoms with Gasteiger partial charge < -0.3 is 10.2 Å². The van der Waals surface area contributed by atoms with E-state index >= 15 is 0 Å². The number of rotatable bonds is 6. The van der Waals surface area contributed by atoms with Crippen LogP contribution in [0.15, 0.2) is 24.3 Å². The highest BCUT2D eigenvalue weighted by molar-refractivity contribution is 5.83. The van der Waals surface area contributed by atoms with Crippen molar-refractivity contribution < 1.29 is 9.59 Å². The summed E-state index contributed by atoms with van der Waals surface area (Å²) in [5.41, 5.74) is 2.25. The highest BCUT2D eigenvalue weighted by atomic mass is 16.2. The number of carbonyl (C=O) groups is 2. The maximum Gasteiger partial charge on any atom is 0.239 e. The molecule has 20 heavy (non-hydrogen) atoms. The van der Waals surface area contributed by atoms with E-state index in [2.05, 4.69) is 5.32 Å². The first-order valence-electron chi connectivity index (χ1n) is 6.97. The van der Waals surface area contributed by atoms with Crippen molar-refractivity contribution in [3.8, 4) is 0 Å². The summed E-state index contributed by atoms with van der Waals surface area (Å²) >= 11 is 0. The molecule has 0 spiro atoms. The van der Waals surface area contributed by atoms with E-state index in [1.807, 2.05) is 45.0 Å². The Morgan fingerprint density at radius 2 is 1.90 bits per heavy atom. The minimum atomic E-state index is -0.121. The van der Waals surface area contributed by atoms with E-state index in [1.54, 1.807) is 4.90 Å². The van der Waals surface area contributed by atoms with Crippen molar-refractivity contribution in [3.05, 3.63) is 35.4 Å². The summed E-state index contributed by atoms with van der Waals surface area (Å²) in [6.07, 6.45) is 0. The van der Waals surface area contributed by atoms with Gasteiger partial charge in [0.15, 0.2) is 0 Å². The van der Waals surface area contributed by atoms with Crippen molar-refractivity contribution in [2.24, 2.45) is 5.92 Å². The standard InChI is InChI=1S/C16H24N2O2/c1-12(2)10-18(14(4)19)11-16(20)17-9-15-8-6-5-7-13(15)3/h5-8,12H,9-11H2,1-4H3,(H,17,20). The number of benzene rings is 1. The molecule has 0 aliphatic heterocycles. The summed E-state index contributed by atoms with van der Waals surface area (Å²) in [6.45, 7) is 8.80. The second-order valence-corrected chi connectivity index (χ2v) is 5.50. The van der Waals surface area contributed by atoms with Crippen LogP contribution in [0.2, 0.25) is 0 Å². The van der Waals surface area contributed by atoms with Crippen molar-refractivity contribution in [1.82, 2.24) is 10.2 Å². The van der Waals surface area contributed by atoms with E-state index in [1.165, 1.54) is 6.92 Å². The molecule has 0 atom stereocenters. The molecule has 0 aromatic heterocycles. The Kier molecular flexibility index (Phi) is 6.22. The lowest BCUT2D eigenvalue weighted by molar-refractivity contribution is -0.134. The Morgan fingerprint density at radius 3 is 2.45 bits per heavy atom. The second kappa shape index (κ2) is 7.68. The molecule has 0 unspecified atom stereocenters. The Bertz CT molecular complexity index is 469. The van der Waals surface area contributed by atoms with Gasteiger partial charge in [-0.1, -0.05) is 38.1 Å². The first kappa shape index (κ1) is 16.2. The van der Waals surface area contributed by atoms with Gasteiger partial charge in [0, 0.05) is 20.0 Å². The zero-order valence-corrected chi connectivity index (χ0v) is 12.8. The van der Waals surface area contributed by atoms with Gasteiger partial charge in [-0.3, -0.25) is 9.59 Å². The summed E-state index contributed by atoms with van der Waals surface area (Å²) in [4.78, 5) is 25.0. The van der Waals surface area contributed by atoms with E-state index in [9.17, 15) is 9.59 Å². The van der Waals surface area contributed by atoms with Crippen LogP contribution in [-0.2, 0) is 16.1 Å². The largest absolute Gasteiger partial charge is 0.350 e. The fourth-order valence-corrected chi connectivity index (χ4v) is 1.98. The van der Waals surface area contributed by atoms with E-state index in [0.29, 0.717) is 19.0 Å². The van der Waals surface area contributed by atoms with Crippen LogP contribution < -0.4 is 5.32 Å². The van der Waals surface area contributed by atoms with E-state index in [4.69, 9.17) is 0 Å². The molecule has 0 saturated carbocycles. The molecule has 4 heteroatoms. The Labute approximate surface area is 121 Å². The number of carbonyl (C=O) groups excluding carboxylic acids is 2. The average molecular weight is 276 g/mol. The lowest BCUT2D eigenvalue weighted by atomic mass is 10.1. The maximum atomic E-state index is 11.9. The first-order chi connectivity index (χ1) is 9.40. The number of hydrogen-bond acceptors (Lipinski definition) is 2. The highest BCUT2D eigenvalue weighted by Gasteiger charge is 2.14. The third-order valence-electron chi connectivity index (χ3n) is 3.10. The normalized spacial score (nSPS) is 10.4. The molecule has 0 fully saturated rings. The van der Waals surface area contributed by atoms with Gasteiger partial charge in [-0.05, 0) is 24.0 Å². The monoisotopic (exact) mass is 276 g/mol. The van der Waals surface area contributed by atoms with Gasteiger partial charge in [-0.2, -0.15) is 0 Å². The quantitative estimate of drug-likeness (QED) is 0.865. The van der Waals surface area contributed by atoms with Gasteiger partial charge in [0.2, 0.25) is 11.8 Å². The van der Waals surface area contributed by atoms with Crippen LogP contribution in [0.1, 0.15) is 31.9 Å². The zero-order chi connectivity index (χ0) is 15.1. The summed E-state index contributed by atoms with van der Waals surface area (Å²) in [7, 11) is 0. The predicted octanol–water partition coefficient (Wildman–Crippen LogP) is 2.12. The van der Waals surface area contributed by atoms with Crippen LogP contribution >= 0.6 is 0 Å². The Hall–Kier alpha value is -1.84. The molecule has 0 saturated heterocycles. The lowest BCUT2D eigenvalue weighted by Gasteiger charge is -2.22. The number of amides is 2. The number of aryl methyl sites for hydroxylation is 1. The number of nitrogens with zero attached hydrogens (tertiary/aromatic N) is 1. The summed E-state index contributed by atoms with van der Waals surface area (Å²) < 4.78 is 0. The van der Waals surface area contributed by atoms with Crippen LogP contribution in [0.5, 0.6) is 0 Å². The third kappa shape index (κ3) is 5.43. The molecular weight excluding hydrogens is 252 g/mol. The van der Waals surface area contributed by atoms with Gasteiger partial charge in [-0.15, -0.1) is 0 Å². The molecule has 1 aromatic carbocycles. The van der Waals surface area contributed by atoms with Crippen LogP contribution in [-0.4, -0.2) is 29.8 Å². The van der Waals surface area contributed by atoms with E-state index in [-0.39, 0.29) is 18.4 Å². The van der Waals surface area contributed by atoms with Crippen molar-refractivity contribution >= 4 is 11.8 Å². The molecule has 1 rings (SSSR count). The summed E-state index contributed by atoms with van der Waals surface area (Å²) in [6, 6.07) is 7.94. The second-order valence-electron chi connectivity index (χ2n) is 5.50. The molecule has 0 aliphatic rings. The van der Waals surface area contributed by atoms with Gasteiger partial charge in [0.05, 0.1) is 6.54 Å². The highest BCUT2D eigenvalue weighted by Crippen LogP contribution is 2.06. The van der Waals surface area contributed by atoms with Crippen molar-refractivity contribution in [2.45, 2.75) is 34.2 Å². The molecule has 110 valence electrons. The van der Waals surface area contributed by atoms with Crippen molar-refractivity contribution in [1.29, 1.82) is 0 Å². The molecule has 0 aliphatic carbocycles. The Balaban J connectivity index is 2.50. The number of hydrogen-bond donors (Lipinski definition) is 1. The topological polar surface area (TPSA) is 49.4 Å². The lowest BCUT2D eigenvalue weighted by Crippen LogP contribution is -2.41. The van der Waals surface area contributed by atoms with Crippen LogP contribution in [0.4, 0.5) is 0 Å². The third-order valence-corrected chi connectivity index (χ3v) is 3.10. The minimum Gasteiger partial charge on any atom is -0.350 e. The molecule has 4 nitrogen and oxygen atoms in total. The van der Waals surface area contributed by atoms with Crippen LogP contribution in [0, 0.1) is 12.8 Å². The Morgan fingerprint density at radius 1 is 1.25 bits per heavy atom. The maximum absolute atomic E-state index is 11.9. The summed E-state index contributed by atoms with van der Waals surface area (Å²) in [5, 5.41) is 2.87. The zero-order valence-electron chi connectivity index (χ0n) is 12.8. The van der Waals surface area contributed by atoms with Crippen LogP contribution in [0.25, 0.3) is 0 Å². The minimum absolute atomic E-state index is 0.0651. The fraction of sp³-hybridized carbons (Fsp3) is 0.500. The average Bonchev–Trinajstić information content (AvgIpc) is 2.36.